The van der Waals surface area contributed by atoms with E-state index in [0.29, 0.717) is 91.9 Å². The number of terminal acetylenes is 2. The van der Waals surface area contributed by atoms with Crippen LogP contribution in [-0.4, -0.2) is 68.0 Å². The molecular weight excluding hydrogens is 1370 g/mol. The van der Waals surface area contributed by atoms with Crippen LogP contribution in [0.25, 0.3) is 22.3 Å². The fraction of sp³-hybridized carbons (Fsp3) is 0.198. The van der Waals surface area contributed by atoms with Crippen LogP contribution < -0.4 is 18.9 Å². The zero-order valence-corrected chi connectivity index (χ0v) is 63.9. The van der Waals surface area contributed by atoms with Crippen LogP contribution in [0.5, 0.6) is 23.0 Å². The van der Waals surface area contributed by atoms with Gasteiger partial charge in [-0.2, -0.15) is 0 Å². The van der Waals surface area contributed by atoms with E-state index < -0.39 is 5.97 Å². The summed E-state index contributed by atoms with van der Waals surface area (Å²) >= 11 is 0. The van der Waals surface area contributed by atoms with Crippen molar-refractivity contribution in [1.82, 2.24) is 14.7 Å². The van der Waals surface area contributed by atoms with Gasteiger partial charge in [0.25, 0.3) is 17.7 Å². The number of hydrogen-bond acceptors (Lipinski definition) is 10. The van der Waals surface area contributed by atoms with Crippen molar-refractivity contribution in [2.75, 3.05) is 13.1 Å². The van der Waals surface area contributed by atoms with Gasteiger partial charge >= 0.3 is 5.97 Å². The molecule has 2 aliphatic rings. The second-order valence-electron chi connectivity index (χ2n) is 27.5. The number of hydrogen-bond donors (Lipinski definition) is 2. The summed E-state index contributed by atoms with van der Waals surface area (Å²) < 4.78 is 24.0. The lowest BCUT2D eigenvalue weighted by atomic mass is 9.99. The van der Waals surface area contributed by atoms with Crippen molar-refractivity contribution < 1.29 is 53.1 Å². The Morgan fingerprint density at radius 2 is 0.718 bits per heavy atom. The van der Waals surface area contributed by atoms with Crippen LogP contribution >= 0.6 is 0 Å². The molecule has 10 aromatic carbocycles. The summed E-state index contributed by atoms with van der Waals surface area (Å²) in [5.41, 5.74) is 22.0. The van der Waals surface area contributed by atoms with Crippen LogP contribution in [0.3, 0.4) is 0 Å². The average Bonchev–Trinajstić information content (AvgIpc) is 1.52. The molecule has 12 rings (SSSR count). The minimum atomic E-state index is -0.940. The molecule has 2 N–H and O–H groups in total. The van der Waals surface area contributed by atoms with E-state index in [-0.39, 0.29) is 43.0 Å². The number of carbonyl (C=O) groups is 5. The first-order valence-electron chi connectivity index (χ1n) is 36.0. The highest BCUT2D eigenvalue weighted by Crippen LogP contribution is 2.37. The maximum Gasteiger partial charge on any atom is 0.335 e. The lowest BCUT2D eigenvalue weighted by molar-refractivity contribution is 0.0693. The number of fused-ring (bicyclic) bond motifs is 2. The first-order chi connectivity index (χ1) is 52.9. The molecule has 0 fully saturated rings. The highest BCUT2D eigenvalue weighted by molar-refractivity contribution is 5.99. The van der Waals surface area contributed by atoms with Gasteiger partial charge < -0.3 is 43.9 Å². The highest BCUT2D eigenvalue weighted by Gasteiger charge is 2.29. The van der Waals surface area contributed by atoms with Gasteiger partial charge in [-0.15, -0.1) is 12.8 Å². The van der Waals surface area contributed by atoms with Crippen LogP contribution in [-0.2, 0) is 59.2 Å². The molecule has 10 aromatic rings. The van der Waals surface area contributed by atoms with Gasteiger partial charge in [0.2, 0.25) is 0 Å². The smallest absolute Gasteiger partial charge is 0.335 e. The number of carboxylic acid groups (broad SMARTS) is 1. The third-order valence-electron chi connectivity index (χ3n) is 18.7. The summed E-state index contributed by atoms with van der Waals surface area (Å²) in [6.07, 6.45) is 11.6. The zero-order chi connectivity index (χ0) is 79.1. The Bertz CT molecular complexity index is 5150. The van der Waals surface area contributed by atoms with Gasteiger partial charge in [-0.3, -0.25) is 19.2 Å². The minimum Gasteiger partial charge on any atom is -0.488 e. The summed E-state index contributed by atoms with van der Waals surface area (Å²) in [6, 6.07) is 65.9. The monoisotopic (exact) mass is 1460 g/mol. The van der Waals surface area contributed by atoms with E-state index in [2.05, 4.69) is 38.2 Å². The molecule has 0 bridgehead atoms. The quantitative estimate of drug-likeness (QED) is 0.0435. The van der Waals surface area contributed by atoms with E-state index >= 15 is 0 Å². The maximum absolute atomic E-state index is 13.4. The highest BCUT2D eigenvalue weighted by atomic mass is 16.5. The van der Waals surface area contributed by atoms with E-state index in [1.807, 2.05) is 240 Å². The number of aliphatic hydroxyl groups is 1. The molecule has 0 radical (unpaired) electrons. The predicted molar refractivity (Wildman–Crippen MR) is 439 cm³/mol. The van der Waals surface area contributed by atoms with E-state index in [1.165, 1.54) is 4.90 Å². The summed E-state index contributed by atoms with van der Waals surface area (Å²) in [7, 11) is 0. The first kappa shape index (κ1) is 81.1. The van der Waals surface area contributed by atoms with Gasteiger partial charge in [0.15, 0.2) is 0 Å². The van der Waals surface area contributed by atoms with Crippen molar-refractivity contribution in [3.05, 3.63) is 355 Å². The van der Waals surface area contributed by atoms with E-state index in [9.17, 15) is 34.2 Å². The number of carbonyl (C=O) groups excluding carboxylic acids is 4. The fourth-order valence-corrected chi connectivity index (χ4v) is 12.7. The fourth-order valence-electron chi connectivity index (χ4n) is 12.7. The molecule has 0 aliphatic carbocycles. The molecule has 3 amide bonds. The van der Waals surface area contributed by atoms with Crippen molar-refractivity contribution in [2.45, 2.75) is 115 Å². The van der Waals surface area contributed by atoms with Crippen LogP contribution in [0.2, 0.25) is 0 Å². The lowest BCUT2D eigenvalue weighted by Gasteiger charge is -2.21. The summed E-state index contributed by atoms with van der Waals surface area (Å²) in [5.74, 6) is 6.61. The van der Waals surface area contributed by atoms with Crippen molar-refractivity contribution >= 4 is 52.3 Å². The number of amides is 3. The maximum atomic E-state index is 13.4. The second kappa shape index (κ2) is 38.5. The minimum absolute atomic E-state index is 0.00337. The Hall–Kier alpha value is -13.0. The number of aromatic carboxylic acids is 1. The van der Waals surface area contributed by atoms with Gasteiger partial charge in [0.1, 0.15) is 55.7 Å². The summed E-state index contributed by atoms with van der Waals surface area (Å²) in [5, 5.41) is 18.6. The number of ether oxygens (including phenoxy) is 4. The first-order valence-corrected chi connectivity index (χ1v) is 36.0. The molecule has 0 aromatic heterocycles. The molecule has 2 heterocycles. The Labute approximate surface area is 646 Å². The van der Waals surface area contributed by atoms with Crippen molar-refractivity contribution in [3.63, 3.8) is 0 Å². The van der Waals surface area contributed by atoms with Crippen molar-refractivity contribution in [2.24, 2.45) is 0 Å². The molecule has 14 nitrogen and oxygen atoms in total. The number of aldehydes is 1. The molecule has 0 spiro atoms. The lowest BCUT2D eigenvalue weighted by Crippen LogP contribution is -2.32. The molecule has 0 unspecified atom stereocenters. The molecular formula is C96H93N3O11. The zero-order valence-electron chi connectivity index (χ0n) is 63.9. The van der Waals surface area contributed by atoms with Crippen LogP contribution in [0.1, 0.15) is 174 Å². The van der Waals surface area contributed by atoms with E-state index in [4.69, 9.17) is 31.8 Å². The van der Waals surface area contributed by atoms with E-state index in [1.54, 1.807) is 31.2 Å². The molecule has 14 heteroatoms. The van der Waals surface area contributed by atoms with Crippen LogP contribution in [0.4, 0.5) is 0 Å². The number of carboxylic acids is 1. The number of aryl methyl sites for hydroxylation is 4. The number of allylic oxidation sites excluding steroid dienone is 4. The van der Waals surface area contributed by atoms with Crippen LogP contribution in [0, 0.1) is 52.4 Å². The molecule has 110 heavy (non-hydrogen) atoms. The van der Waals surface area contributed by atoms with Gasteiger partial charge in [-0.25, -0.2) is 4.79 Å². The topological polar surface area (TPSA) is 172 Å². The van der Waals surface area contributed by atoms with Gasteiger partial charge in [0.05, 0.1) is 25.3 Å². The van der Waals surface area contributed by atoms with Gasteiger partial charge in [-0.05, 0) is 205 Å². The van der Waals surface area contributed by atoms with Gasteiger partial charge in [-0.1, -0.05) is 190 Å². The Balaban J connectivity index is 0.000000171. The third-order valence-corrected chi connectivity index (χ3v) is 18.7. The number of benzene rings is 10. The average molecular weight is 1460 g/mol. The molecule has 2 aliphatic heterocycles. The number of aliphatic hydroxyl groups excluding tert-OH is 1. The summed E-state index contributed by atoms with van der Waals surface area (Å²) in [4.78, 5) is 67.0. The van der Waals surface area contributed by atoms with Crippen molar-refractivity contribution in [3.8, 4) is 47.7 Å². The van der Waals surface area contributed by atoms with Gasteiger partial charge in [0, 0.05) is 70.7 Å². The molecule has 0 saturated heterocycles. The number of rotatable bonds is 24. The van der Waals surface area contributed by atoms with Crippen molar-refractivity contribution in [1.29, 1.82) is 0 Å². The SMILES string of the molecule is C#CCN(CC#C)C(=O)c1cc(C(=C)C)c(OCc2ccccc2)cc1C.C=C(C)c1cc(C(=O)N2Cc3ccc(C=O)cc3C2)c(C)cc1OCc1ccccc1.C=C(C)c1cc(C(=O)N2Cc3ccc(CO)cc3C2)c(C)cc1OCc1ccccc1.C=C(C)c1cc(C(=O)O)c(C)cc1OCc1ccccc1. The number of nitrogens with zero attached hydrogens (tertiary/aromatic N) is 3. The Morgan fingerprint density at radius 3 is 1.05 bits per heavy atom. The normalized spacial score (nSPS) is 11.4. The summed E-state index contributed by atoms with van der Waals surface area (Å²) in [6.45, 7) is 35.5. The predicted octanol–water partition coefficient (Wildman–Crippen LogP) is 19.5. The Kier molecular flexibility index (Phi) is 28.4. The molecule has 558 valence electrons. The van der Waals surface area contributed by atoms with Crippen LogP contribution in [0.15, 0.2) is 233 Å². The second-order valence-corrected chi connectivity index (χ2v) is 27.5. The Morgan fingerprint density at radius 1 is 0.409 bits per heavy atom. The molecule has 0 saturated carbocycles. The van der Waals surface area contributed by atoms with E-state index in [0.717, 1.165) is 129 Å². The third kappa shape index (κ3) is 21.2. The molecule has 0 atom stereocenters. The standard InChI is InChI=1S/C27H27NO3.C27H25NO3.C24H23NO2.C18H18O3/c2*1-18(2)24-13-25(19(3)11-26(24)31-17-20-7-5-4-6-8-20)27(30)28-14-22-10-9-21(16-29)12-23(22)15-28;1-6-13-25(14-7-2)24(26)22-16-21(18(3)4)23(15-19(22)5)27-17-20-11-9-8-10-12-20;1-12(2)15-10-16(18(19)20)13(3)9-17(15)21-11-14-7-5-4-6-8-14/h4-13,29H,1,14-17H2,2-3H3;4-13,16H,1,14-15,17H2,2-3H3;1-2,8-12,15-16H,3,13-14,17H2,4-5H3;4-10H,1,11H2,2-3H3,(H,19,20). The largest absolute Gasteiger partial charge is 0.488 e.